The summed E-state index contributed by atoms with van der Waals surface area (Å²) in [6, 6.07) is 3.77. The summed E-state index contributed by atoms with van der Waals surface area (Å²) < 4.78 is 15.1. The molecule has 1 N–H and O–H groups in total. The van der Waals surface area contributed by atoms with Crippen molar-refractivity contribution in [2.45, 2.75) is 45.6 Å². The van der Waals surface area contributed by atoms with E-state index in [1.165, 1.54) is 12.8 Å². The van der Waals surface area contributed by atoms with E-state index in [4.69, 9.17) is 11.6 Å². The van der Waals surface area contributed by atoms with Crippen LogP contribution in [0.1, 0.15) is 51.1 Å². The van der Waals surface area contributed by atoms with Gasteiger partial charge in [-0.2, -0.15) is 0 Å². The largest absolute Gasteiger partial charge is 0.310 e. The van der Waals surface area contributed by atoms with Crippen LogP contribution in [0.5, 0.6) is 0 Å². The molecule has 4 heteroatoms. The molecular formula is C16H22BrClFN. The predicted molar refractivity (Wildman–Crippen MR) is 86.6 cm³/mol. The van der Waals surface area contributed by atoms with Crippen LogP contribution < -0.4 is 5.32 Å². The Morgan fingerprint density at radius 1 is 1.45 bits per heavy atom. The van der Waals surface area contributed by atoms with Crippen molar-refractivity contribution >= 4 is 27.5 Å². The molecule has 1 aliphatic carbocycles. The van der Waals surface area contributed by atoms with Crippen LogP contribution in [0.2, 0.25) is 5.02 Å². The van der Waals surface area contributed by atoms with Gasteiger partial charge in [-0.05, 0) is 53.2 Å². The highest BCUT2D eigenvalue weighted by molar-refractivity contribution is 9.10. The molecular weight excluding hydrogens is 341 g/mol. The normalized spacial score (nSPS) is 24.6. The van der Waals surface area contributed by atoms with E-state index in [1.54, 1.807) is 0 Å². The molecule has 1 aliphatic rings. The van der Waals surface area contributed by atoms with Gasteiger partial charge in [-0.3, -0.25) is 0 Å². The van der Waals surface area contributed by atoms with Crippen LogP contribution in [-0.2, 0) is 0 Å². The first kappa shape index (κ1) is 16.3. The lowest BCUT2D eigenvalue weighted by Gasteiger charge is -2.34. The predicted octanol–water partition coefficient (Wildman–Crippen LogP) is 5.72. The molecule has 0 amide bonds. The summed E-state index contributed by atoms with van der Waals surface area (Å²) >= 11 is 9.33. The maximum atomic E-state index is 14.5. The van der Waals surface area contributed by atoms with Gasteiger partial charge in [-0.15, -0.1) is 0 Å². The minimum Gasteiger partial charge on any atom is -0.310 e. The highest BCUT2D eigenvalue weighted by Gasteiger charge is 2.29. The molecule has 112 valence electrons. The van der Waals surface area contributed by atoms with Crippen molar-refractivity contribution in [1.29, 1.82) is 0 Å². The van der Waals surface area contributed by atoms with Crippen molar-refractivity contribution in [1.82, 2.24) is 5.32 Å². The monoisotopic (exact) mass is 361 g/mol. The van der Waals surface area contributed by atoms with Crippen LogP contribution in [-0.4, -0.2) is 6.54 Å². The molecule has 1 saturated carbocycles. The third kappa shape index (κ3) is 3.55. The van der Waals surface area contributed by atoms with E-state index in [-0.39, 0.29) is 16.9 Å². The molecule has 0 spiro atoms. The lowest BCUT2D eigenvalue weighted by Crippen LogP contribution is -2.32. The smallest absolute Gasteiger partial charge is 0.147 e. The fourth-order valence-corrected chi connectivity index (χ4v) is 3.79. The van der Waals surface area contributed by atoms with Crippen molar-refractivity contribution in [2.24, 2.45) is 11.8 Å². The lowest BCUT2D eigenvalue weighted by atomic mass is 9.76. The summed E-state index contributed by atoms with van der Waals surface area (Å²) in [7, 11) is 0. The second kappa shape index (κ2) is 7.24. The van der Waals surface area contributed by atoms with Crippen LogP contribution in [0.3, 0.4) is 0 Å². The number of nitrogens with one attached hydrogen (secondary N) is 1. The van der Waals surface area contributed by atoms with Gasteiger partial charge in [0.25, 0.3) is 0 Å². The zero-order chi connectivity index (χ0) is 14.7. The summed E-state index contributed by atoms with van der Waals surface area (Å²) in [6.45, 7) is 5.19. The first-order chi connectivity index (χ1) is 9.54. The standard InChI is InChI=1S/C16H22BrClFN/c1-3-20-16(11-6-4-5-10(2)9-11)12-7-8-13(17)14(18)15(12)19/h7-8,10-11,16,20H,3-6,9H2,1-2H3. The van der Waals surface area contributed by atoms with Gasteiger partial charge in [0.15, 0.2) is 0 Å². The number of halogens is 3. The average molecular weight is 363 g/mol. The molecule has 0 radical (unpaired) electrons. The van der Waals surface area contributed by atoms with Crippen molar-refractivity contribution in [2.75, 3.05) is 6.54 Å². The molecule has 0 saturated heterocycles. The summed E-state index contributed by atoms with van der Waals surface area (Å²) in [5.74, 6) is 0.930. The minimum absolute atomic E-state index is 0.0633. The van der Waals surface area contributed by atoms with E-state index < -0.39 is 0 Å². The van der Waals surface area contributed by atoms with Gasteiger partial charge < -0.3 is 5.32 Å². The SMILES string of the molecule is CCNC(c1ccc(Br)c(Cl)c1F)C1CCCC(C)C1. The second-order valence-corrected chi connectivity index (χ2v) is 7.06. The van der Waals surface area contributed by atoms with E-state index >= 15 is 0 Å². The van der Waals surface area contributed by atoms with Crippen molar-refractivity contribution in [3.63, 3.8) is 0 Å². The van der Waals surface area contributed by atoms with Gasteiger partial charge in [0.2, 0.25) is 0 Å². The van der Waals surface area contributed by atoms with Crippen LogP contribution in [0.25, 0.3) is 0 Å². The Morgan fingerprint density at radius 2 is 2.20 bits per heavy atom. The molecule has 3 atom stereocenters. The summed E-state index contributed by atoms with van der Waals surface area (Å²) in [5, 5.41) is 3.65. The number of hydrogen-bond acceptors (Lipinski definition) is 1. The Balaban J connectivity index is 2.30. The van der Waals surface area contributed by atoms with Crippen LogP contribution in [0.4, 0.5) is 4.39 Å². The van der Waals surface area contributed by atoms with Crippen LogP contribution in [0, 0.1) is 17.7 Å². The highest BCUT2D eigenvalue weighted by Crippen LogP contribution is 2.40. The molecule has 1 nitrogen and oxygen atoms in total. The molecule has 3 unspecified atom stereocenters. The Morgan fingerprint density at radius 3 is 2.85 bits per heavy atom. The molecule has 0 heterocycles. The fourth-order valence-electron chi connectivity index (χ4n) is 3.32. The summed E-state index contributed by atoms with van der Waals surface area (Å²) in [5.41, 5.74) is 0.708. The Bertz CT molecular complexity index is 466. The van der Waals surface area contributed by atoms with Gasteiger partial charge in [-0.1, -0.05) is 44.4 Å². The van der Waals surface area contributed by atoms with Crippen molar-refractivity contribution in [3.05, 3.63) is 33.0 Å². The molecule has 20 heavy (non-hydrogen) atoms. The quantitative estimate of drug-likeness (QED) is 0.676. The zero-order valence-corrected chi connectivity index (χ0v) is 14.4. The Hall–Kier alpha value is -0.120. The number of benzene rings is 1. The maximum absolute atomic E-state index is 14.5. The molecule has 0 bridgehead atoms. The molecule has 0 aliphatic heterocycles. The van der Waals surface area contributed by atoms with Crippen molar-refractivity contribution in [3.8, 4) is 0 Å². The first-order valence-electron chi connectivity index (χ1n) is 7.41. The van der Waals surface area contributed by atoms with E-state index in [1.807, 2.05) is 12.1 Å². The molecule has 2 rings (SSSR count). The Labute approximate surface area is 134 Å². The van der Waals surface area contributed by atoms with E-state index in [2.05, 4.69) is 35.1 Å². The maximum Gasteiger partial charge on any atom is 0.147 e. The summed E-state index contributed by atoms with van der Waals surface area (Å²) in [4.78, 5) is 0. The average Bonchev–Trinajstić information content (AvgIpc) is 2.43. The van der Waals surface area contributed by atoms with E-state index in [0.29, 0.717) is 16.0 Å². The van der Waals surface area contributed by atoms with E-state index in [9.17, 15) is 4.39 Å². The third-order valence-electron chi connectivity index (χ3n) is 4.27. The zero-order valence-electron chi connectivity index (χ0n) is 12.1. The second-order valence-electron chi connectivity index (χ2n) is 5.83. The van der Waals surface area contributed by atoms with Crippen LogP contribution in [0.15, 0.2) is 16.6 Å². The van der Waals surface area contributed by atoms with Gasteiger partial charge in [0, 0.05) is 16.1 Å². The lowest BCUT2D eigenvalue weighted by molar-refractivity contribution is 0.222. The first-order valence-corrected chi connectivity index (χ1v) is 8.58. The van der Waals surface area contributed by atoms with Crippen molar-refractivity contribution < 1.29 is 4.39 Å². The number of hydrogen-bond donors (Lipinski definition) is 1. The van der Waals surface area contributed by atoms with Crippen LogP contribution >= 0.6 is 27.5 Å². The minimum atomic E-state index is -0.287. The topological polar surface area (TPSA) is 12.0 Å². The molecule has 1 fully saturated rings. The Kier molecular flexibility index (Phi) is 5.88. The summed E-state index contributed by atoms with van der Waals surface area (Å²) in [6.07, 6.45) is 4.85. The molecule has 1 aromatic carbocycles. The molecule has 1 aromatic rings. The van der Waals surface area contributed by atoms with E-state index in [0.717, 1.165) is 25.3 Å². The van der Waals surface area contributed by atoms with Gasteiger partial charge in [0.05, 0.1) is 5.02 Å². The highest BCUT2D eigenvalue weighted by atomic mass is 79.9. The van der Waals surface area contributed by atoms with Gasteiger partial charge in [0.1, 0.15) is 5.82 Å². The van der Waals surface area contributed by atoms with Gasteiger partial charge in [-0.25, -0.2) is 4.39 Å². The molecule has 0 aromatic heterocycles. The number of rotatable bonds is 4. The fraction of sp³-hybridized carbons (Fsp3) is 0.625. The third-order valence-corrected chi connectivity index (χ3v) is 5.53. The van der Waals surface area contributed by atoms with Gasteiger partial charge >= 0.3 is 0 Å².